The molecule has 3 heteroatoms. The summed E-state index contributed by atoms with van der Waals surface area (Å²) in [5.74, 6) is -0.440. The average Bonchev–Trinajstić information content (AvgIpc) is 2.61. The Morgan fingerprint density at radius 1 is 0.786 bits per heavy atom. The van der Waals surface area contributed by atoms with Gasteiger partial charge in [0.2, 0.25) is 0 Å². The maximum atomic E-state index is 13.4. The lowest BCUT2D eigenvalue weighted by Gasteiger charge is -2.43. The van der Waals surface area contributed by atoms with Crippen LogP contribution in [0.5, 0.6) is 0 Å². The minimum atomic E-state index is -0.698. The average molecular weight is 397 g/mol. The van der Waals surface area contributed by atoms with Gasteiger partial charge in [0.1, 0.15) is 11.6 Å². The molecule has 0 heterocycles. The molecule has 1 nitrogen and oxygen atoms in total. The van der Waals surface area contributed by atoms with Gasteiger partial charge >= 0.3 is 0 Å². The molecular formula is C25H42F2O. The van der Waals surface area contributed by atoms with Gasteiger partial charge in [0.15, 0.2) is 0 Å². The third-order valence-electron chi connectivity index (χ3n) is 6.35. The molecule has 0 bridgehead atoms. The maximum absolute atomic E-state index is 13.4. The minimum Gasteiger partial charge on any atom is -0.389 e. The summed E-state index contributed by atoms with van der Waals surface area (Å²) in [4.78, 5) is 0. The van der Waals surface area contributed by atoms with Crippen LogP contribution in [0.2, 0.25) is 0 Å². The van der Waals surface area contributed by atoms with E-state index in [1.807, 2.05) is 0 Å². The fourth-order valence-electron chi connectivity index (χ4n) is 4.70. The summed E-state index contributed by atoms with van der Waals surface area (Å²) < 4.78 is 26.9. The lowest BCUT2D eigenvalue weighted by atomic mass is 9.68. The van der Waals surface area contributed by atoms with Gasteiger partial charge in [-0.15, -0.1) is 0 Å². The van der Waals surface area contributed by atoms with Gasteiger partial charge in [0, 0.05) is 6.07 Å². The van der Waals surface area contributed by atoms with E-state index in [4.69, 9.17) is 0 Å². The van der Waals surface area contributed by atoms with E-state index < -0.39 is 17.2 Å². The zero-order chi connectivity index (χ0) is 21.2. The van der Waals surface area contributed by atoms with E-state index in [0.717, 1.165) is 31.7 Å². The van der Waals surface area contributed by atoms with Crippen LogP contribution in [0.4, 0.5) is 8.78 Å². The Labute approximate surface area is 171 Å². The first kappa shape index (κ1) is 25.1. The molecule has 0 aliphatic heterocycles. The fraction of sp³-hybridized carbons (Fsp3) is 0.760. The summed E-state index contributed by atoms with van der Waals surface area (Å²) in [5.41, 5.74) is 0.00446. The molecule has 0 aliphatic rings. The van der Waals surface area contributed by atoms with Crippen molar-refractivity contribution in [1.82, 2.24) is 0 Å². The molecule has 0 aliphatic carbocycles. The minimum absolute atomic E-state index is 0.184. The summed E-state index contributed by atoms with van der Waals surface area (Å²) in [6, 6.07) is 3.76. The lowest BCUT2D eigenvalue weighted by Crippen LogP contribution is -2.47. The van der Waals surface area contributed by atoms with Crippen molar-refractivity contribution in [3.8, 4) is 0 Å². The Bertz CT molecular complexity index is 525. The number of benzene rings is 1. The molecule has 0 saturated carbocycles. The highest BCUT2D eigenvalue weighted by atomic mass is 19.1. The molecule has 0 amide bonds. The van der Waals surface area contributed by atoms with Gasteiger partial charge in [0.05, 0.1) is 5.60 Å². The smallest absolute Gasteiger partial charge is 0.126 e. The van der Waals surface area contributed by atoms with Gasteiger partial charge in [-0.2, -0.15) is 0 Å². The molecular weight excluding hydrogens is 354 g/mol. The fourth-order valence-corrected chi connectivity index (χ4v) is 4.70. The third-order valence-corrected chi connectivity index (χ3v) is 6.35. The largest absolute Gasteiger partial charge is 0.389 e. The molecule has 0 saturated heterocycles. The highest BCUT2D eigenvalue weighted by Gasteiger charge is 2.41. The van der Waals surface area contributed by atoms with Crippen LogP contribution in [0.3, 0.4) is 0 Å². The highest BCUT2D eigenvalue weighted by Crippen LogP contribution is 2.39. The molecule has 1 aromatic carbocycles. The first-order valence-electron chi connectivity index (χ1n) is 11.4. The van der Waals surface area contributed by atoms with Crippen LogP contribution >= 0.6 is 0 Å². The van der Waals surface area contributed by atoms with Crippen molar-refractivity contribution >= 4 is 0 Å². The second-order valence-electron chi connectivity index (χ2n) is 9.12. The topological polar surface area (TPSA) is 20.2 Å². The number of hydrogen-bond acceptors (Lipinski definition) is 1. The number of rotatable bonds is 14. The standard InChI is InChI=1S/C25H42F2O/c1-6-7-8-9-10-11-14-22(25(28,19(2)3)20(4)5)15-12-13-21-16-23(26)18-24(27)17-21/h16-20,22,28H,6-15H2,1-5H3. The predicted molar refractivity (Wildman–Crippen MR) is 115 cm³/mol. The van der Waals surface area contributed by atoms with Gasteiger partial charge in [-0.1, -0.05) is 73.1 Å². The SMILES string of the molecule is CCCCCCCCC(CCCc1cc(F)cc(F)c1)C(O)(C(C)C)C(C)C. The number of halogens is 2. The normalized spacial score (nSPS) is 13.5. The predicted octanol–water partition coefficient (Wildman–Crippen LogP) is 7.70. The van der Waals surface area contributed by atoms with E-state index >= 15 is 0 Å². The van der Waals surface area contributed by atoms with Crippen LogP contribution in [-0.4, -0.2) is 10.7 Å². The summed E-state index contributed by atoms with van der Waals surface area (Å²) in [6.45, 7) is 10.7. The monoisotopic (exact) mass is 396 g/mol. The van der Waals surface area contributed by atoms with E-state index in [1.54, 1.807) is 0 Å². The molecule has 162 valence electrons. The summed E-state index contributed by atoms with van der Waals surface area (Å²) >= 11 is 0. The van der Waals surface area contributed by atoms with E-state index in [0.29, 0.717) is 12.0 Å². The van der Waals surface area contributed by atoms with Crippen LogP contribution < -0.4 is 0 Å². The Kier molecular flexibility index (Phi) is 11.3. The second-order valence-corrected chi connectivity index (χ2v) is 9.12. The van der Waals surface area contributed by atoms with Gasteiger partial charge in [-0.25, -0.2) is 8.78 Å². The third kappa shape index (κ3) is 7.81. The van der Waals surface area contributed by atoms with Gasteiger partial charge in [-0.05, 0) is 61.1 Å². The molecule has 0 fully saturated rings. The molecule has 0 spiro atoms. The van der Waals surface area contributed by atoms with Crippen molar-refractivity contribution in [2.24, 2.45) is 17.8 Å². The van der Waals surface area contributed by atoms with Crippen molar-refractivity contribution in [2.45, 2.75) is 104 Å². The first-order chi connectivity index (χ1) is 13.2. The second kappa shape index (κ2) is 12.6. The Balaban J connectivity index is 2.70. The zero-order valence-electron chi connectivity index (χ0n) is 18.7. The quantitative estimate of drug-likeness (QED) is 0.319. The van der Waals surface area contributed by atoms with Crippen molar-refractivity contribution in [3.63, 3.8) is 0 Å². The summed E-state index contributed by atoms with van der Waals surface area (Å²) in [5, 5.41) is 11.5. The summed E-state index contributed by atoms with van der Waals surface area (Å²) in [6.07, 6.45) is 10.9. The van der Waals surface area contributed by atoms with Gasteiger partial charge in [0.25, 0.3) is 0 Å². The van der Waals surface area contributed by atoms with Crippen LogP contribution in [0, 0.1) is 29.4 Å². The molecule has 0 aromatic heterocycles. The molecule has 1 atom stereocenters. The molecule has 1 N–H and O–H groups in total. The van der Waals surface area contributed by atoms with Crippen LogP contribution in [0.25, 0.3) is 0 Å². The van der Waals surface area contributed by atoms with Gasteiger partial charge in [-0.3, -0.25) is 0 Å². The van der Waals surface area contributed by atoms with Crippen LogP contribution in [0.1, 0.15) is 98.0 Å². The molecule has 1 unspecified atom stereocenters. The van der Waals surface area contributed by atoms with E-state index in [2.05, 4.69) is 34.6 Å². The Morgan fingerprint density at radius 2 is 1.29 bits per heavy atom. The number of aliphatic hydroxyl groups is 1. The maximum Gasteiger partial charge on any atom is 0.126 e. The van der Waals surface area contributed by atoms with Crippen molar-refractivity contribution in [1.29, 1.82) is 0 Å². The molecule has 1 rings (SSSR count). The van der Waals surface area contributed by atoms with Crippen molar-refractivity contribution in [3.05, 3.63) is 35.4 Å². The zero-order valence-corrected chi connectivity index (χ0v) is 18.7. The first-order valence-corrected chi connectivity index (χ1v) is 11.4. The van der Waals surface area contributed by atoms with E-state index in [-0.39, 0.29) is 17.8 Å². The molecule has 0 radical (unpaired) electrons. The van der Waals surface area contributed by atoms with Crippen molar-refractivity contribution in [2.75, 3.05) is 0 Å². The van der Waals surface area contributed by atoms with Crippen molar-refractivity contribution < 1.29 is 13.9 Å². The lowest BCUT2D eigenvalue weighted by molar-refractivity contribution is -0.102. The van der Waals surface area contributed by atoms with Gasteiger partial charge < -0.3 is 5.11 Å². The van der Waals surface area contributed by atoms with Crippen LogP contribution in [-0.2, 0) is 6.42 Å². The molecule has 28 heavy (non-hydrogen) atoms. The van der Waals surface area contributed by atoms with Crippen LogP contribution in [0.15, 0.2) is 18.2 Å². The Morgan fingerprint density at radius 3 is 1.82 bits per heavy atom. The van der Waals surface area contributed by atoms with E-state index in [1.165, 1.54) is 44.2 Å². The number of aryl methyl sites for hydroxylation is 1. The highest BCUT2D eigenvalue weighted by molar-refractivity contribution is 5.17. The molecule has 1 aromatic rings. The number of hydrogen-bond donors (Lipinski definition) is 1. The Hall–Kier alpha value is -0.960. The summed E-state index contributed by atoms with van der Waals surface area (Å²) in [7, 11) is 0. The number of unbranched alkanes of at least 4 members (excludes halogenated alkanes) is 5. The van der Waals surface area contributed by atoms with E-state index in [9.17, 15) is 13.9 Å².